The molecule has 0 amide bonds. The topological polar surface area (TPSA) is 78.6 Å². The molecule has 0 radical (unpaired) electrons. The number of aromatic nitrogens is 1. The Hall–Kier alpha value is -3.12. The van der Waals surface area contributed by atoms with Crippen LogP contribution in [0.3, 0.4) is 0 Å². The van der Waals surface area contributed by atoms with Gasteiger partial charge in [0, 0.05) is 35.4 Å². The molecule has 0 fully saturated rings. The van der Waals surface area contributed by atoms with Crippen LogP contribution in [0.5, 0.6) is 5.75 Å². The van der Waals surface area contributed by atoms with Gasteiger partial charge in [-0.1, -0.05) is 18.5 Å². The van der Waals surface area contributed by atoms with Crippen molar-refractivity contribution in [2.24, 2.45) is 0 Å². The summed E-state index contributed by atoms with van der Waals surface area (Å²) in [7, 11) is 0. The molecule has 1 aromatic heterocycles. The molecule has 7 heteroatoms. The summed E-state index contributed by atoms with van der Waals surface area (Å²) >= 11 is 5.98. The van der Waals surface area contributed by atoms with E-state index in [9.17, 15) is 9.59 Å². The third-order valence-corrected chi connectivity index (χ3v) is 5.50. The van der Waals surface area contributed by atoms with Crippen molar-refractivity contribution in [1.29, 1.82) is 0 Å². The third-order valence-electron chi connectivity index (χ3n) is 5.25. The van der Waals surface area contributed by atoms with E-state index in [1.165, 1.54) is 0 Å². The van der Waals surface area contributed by atoms with E-state index in [4.69, 9.17) is 25.5 Å². The van der Waals surface area contributed by atoms with Gasteiger partial charge in [-0.25, -0.2) is 9.78 Å². The number of rotatable bonds is 11. The Bertz CT molecular complexity index is 1120. The summed E-state index contributed by atoms with van der Waals surface area (Å²) in [6.45, 7) is 7.40. The van der Waals surface area contributed by atoms with Crippen molar-refractivity contribution >= 4 is 23.4 Å². The minimum Gasteiger partial charge on any atom is -0.476 e. The molecular weight excluding hydrogens is 454 g/mol. The molecular formula is C27H30ClNO5. The van der Waals surface area contributed by atoms with Crippen LogP contribution in [0.15, 0.2) is 52.9 Å². The van der Waals surface area contributed by atoms with E-state index < -0.39 is 11.6 Å². The van der Waals surface area contributed by atoms with Crippen LogP contribution in [0.1, 0.15) is 62.3 Å². The Morgan fingerprint density at radius 1 is 1.00 bits per heavy atom. The van der Waals surface area contributed by atoms with Gasteiger partial charge in [0.05, 0.1) is 12.3 Å². The number of benzene rings is 2. The van der Waals surface area contributed by atoms with Crippen LogP contribution in [0.25, 0.3) is 11.5 Å². The number of oxazole rings is 1. The fourth-order valence-electron chi connectivity index (χ4n) is 3.44. The number of halogens is 1. The van der Waals surface area contributed by atoms with Crippen LogP contribution < -0.4 is 4.74 Å². The van der Waals surface area contributed by atoms with E-state index in [-0.39, 0.29) is 12.4 Å². The van der Waals surface area contributed by atoms with Crippen LogP contribution in [0.2, 0.25) is 5.02 Å². The van der Waals surface area contributed by atoms with Crippen LogP contribution >= 0.6 is 11.6 Å². The fourth-order valence-corrected chi connectivity index (χ4v) is 3.57. The molecule has 2 aromatic carbocycles. The van der Waals surface area contributed by atoms with Gasteiger partial charge in [0.25, 0.3) is 0 Å². The predicted molar refractivity (Wildman–Crippen MR) is 131 cm³/mol. The maximum atomic E-state index is 12.8. The van der Waals surface area contributed by atoms with Gasteiger partial charge in [-0.2, -0.15) is 0 Å². The predicted octanol–water partition coefficient (Wildman–Crippen LogP) is 6.48. The third kappa shape index (κ3) is 6.48. The minimum atomic E-state index is -1.12. The second-order valence-corrected chi connectivity index (χ2v) is 8.86. The molecule has 180 valence electrons. The summed E-state index contributed by atoms with van der Waals surface area (Å²) in [5.74, 6) is 1.39. The van der Waals surface area contributed by atoms with Gasteiger partial charge in [-0.3, -0.25) is 4.79 Å². The van der Waals surface area contributed by atoms with Crippen molar-refractivity contribution in [3.05, 3.63) is 70.6 Å². The zero-order chi connectivity index (χ0) is 24.7. The molecule has 0 saturated carbocycles. The van der Waals surface area contributed by atoms with Gasteiger partial charge in [-0.05, 0) is 75.7 Å². The number of hydrogen-bond donors (Lipinski definition) is 0. The van der Waals surface area contributed by atoms with E-state index in [0.717, 1.165) is 29.9 Å². The Balaban J connectivity index is 1.66. The molecule has 3 rings (SSSR count). The van der Waals surface area contributed by atoms with Gasteiger partial charge < -0.3 is 13.9 Å². The molecule has 0 saturated heterocycles. The zero-order valence-corrected chi connectivity index (χ0v) is 20.8. The van der Waals surface area contributed by atoms with Gasteiger partial charge in [0.2, 0.25) is 5.89 Å². The van der Waals surface area contributed by atoms with Crippen molar-refractivity contribution < 1.29 is 23.5 Å². The number of ether oxygens (including phenoxy) is 2. The quantitative estimate of drug-likeness (QED) is 0.229. The highest BCUT2D eigenvalue weighted by Gasteiger charge is 2.31. The second-order valence-electron chi connectivity index (χ2n) is 8.43. The number of hydrogen-bond acceptors (Lipinski definition) is 6. The number of Topliss-reactive ketones (excluding diaryl/α,β-unsaturated/α-hetero) is 1. The molecule has 0 unspecified atom stereocenters. The first-order chi connectivity index (χ1) is 16.2. The summed E-state index contributed by atoms with van der Waals surface area (Å²) in [4.78, 5) is 29.5. The molecule has 0 aliphatic rings. The number of nitrogens with zero attached hydrogens (tertiary/aromatic N) is 1. The zero-order valence-electron chi connectivity index (χ0n) is 20.0. The molecule has 0 spiro atoms. The van der Waals surface area contributed by atoms with Crippen molar-refractivity contribution in [3.8, 4) is 17.2 Å². The lowest BCUT2D eigenvalue weighted by molar-refractivity contribution is -0.158. The number of carbonyl (C=O) groups excluding carboxylic acids is 2. The molecule has 6 nitrogen and oxygen atoms in total. The Kier molecular flexibility index (Phi) is 8.51. The van der Waals surface area contributed by atoms with Crippen molar-refractivity contribution in [3.63, 3.8) is 0 Å². The average molecular weight is 484 g/mol. The van der Waals surface area contributed by atoms with Gasteiger partial charge in [0.15, 0.2) is 11.4 Å². The molecule has 0 N–H and O–H groups in total. The van der Waals surface area contributed by atoms with Gasteiger partial charge in [-0.15, -0.1) is 0 Å². The van der Waals surface area contributed by atoms with Gasteiger partial charge >= 0.3 is 5.97 Å². The maximum Gasteiger partial charge on any atom is 0.349 e. The van der Waals surface area contributed by atoms with Crippen molar-refractivity contribution in [1.82, 2.24) is 4.98 Å². The summed E-state index contributed by atoms with van der Waals surface area (Å²) < 4.78 is 16.8. The summed E-state index contributed by atoms with van der Waals surface area (Å²) in [5, 5.41) is 0.649. The standard InChI is InChI=1S/C27H30ClNO5/c1-5-7-24-22(29-25(33-24)19-8-12-20(28)13-9-19)16-17-23(30)18-10-14-21(15-11-18)34-27(3,4)26(31)32-6-2/h8-15H,5-7,16-17H2,1-4H3. The van der Waals surface area contributed by atoms with Crippen LogP contribution in [0.4, 0.5) is 0 Å². The first kappa shape index (κ1) is 25.5. The summed E-state index contributed by atoms with van der Waals surface area (Å²) in [5.41, 5.74) is 1.10. The molecule has 0 aliphatic carbocycles. The highest BCUT2D eigenvalue weighted by atomic mass is 35.5. The SMILES string of the molecule is CCCc1oc(-c2ccc(Cl)cc2)nc1CCC(=O)c1ccc(OC(C)(C)C(=O)OCC)cc1. The summed E-state index contributed by atoms with van der Waals surface area (Å²) in [6, 6.07) is 14.1. The first-order valence-corrected chi connectivity index (χ1v) is 11.8. The monoisotopic (exact) mass is 483 g/mol. The van der Waals surface area contributed by atoms with E-state index >= 15 is 0 Å². The molecule has 0 aliphatic heterocycles. The van der Waals surface area contributed by atoms with Crippen LogP contribution in [-0.4, -0.2) is 28.9 Å². The van der Waals surface area contributed by atoms with Crippen molar-refractivity contribution in [2.45, 2.75) is 59.0 Å². The average Bonchev–Trinajstić information content (AvgIpc) is 3.21. The van der Waals surface area contributed by atoms with Crippen LogP contribution in [0, 0.1) is 0 Å². The number of aryl methyl sites for hydroxylation is 2. The van der Waals surface area contributed by atoms with E-state index in [1.54, 1.807) is 57.2 Å². The van der Waals surface area contributed by atoms with Crippen LogP contribution in [-0.2, 0) is 22.4 Å². The highest BCUT2D eigenvalue weighted by Crippen LogP contribution is 2.26. The van der Waals surface area contributed by atoms with E-state index in [2.05, 4.69) is 11.9 Å². The maximum absolute atomic E-state index is 12.8. The lowest BCUT2D eigenvalue weighted by atomic mass is 10.0. The highest BCUT2D eigenvalue weighted by molar-refractivity contribution is 6.30. The number of ketones is 1. The molecule has 0 bridgehead atoms. The molecule has 1 heterocycles. The Labute approximate surface area is 205 Å². The minimum absolute atomic E-state index is 0.00491. The lowest BCUT2D eigenvalue weighted by Gasteiger charge is -2.24. The van der Waals surface area contributed by atoms with Crippen molar-refractivity contribution in [2.75, 3.05) is 6.61 Å². The second kappa shape index (κ2) is 11.3. The smallest absolute Gasteiger partial charge is 0.349 e. The normalized spacial score (nSPS) is 11.3. The number of carbonyl (C=O) groups is 2. The Morgan fingerprint density at radius 2 is 1.68 bits per heavy atom. The van der Waals surface area contributed by atoms with Gasteiger partial charge in [0.1, 0.15) is 11.5 Å². The summed E-state index contributed by atoms with van der Waals surface area (Å²) in [6.07, 6.45) is 2.46. The van der Waals surface area contributed by atoms with E-state index in [1.807, 2.05) is 12.1 Å². The largest absolute Gasteiger partial charge is 0.476 e. The Morgan fingerprint density at radius 3 is 2.29 bits per heavy atom. The molecule has 34 heavy (non-hydrogen) atoms. The fraction of sp³-hybridized carbons (Fsp3) is 0.370. The number of esters is 1. The lowest BCUT2D eigenvalue weighted by Crippen LogP contribution is -2.39. The molecule has 0 atom stereocenters. The first-order valence-electron chi connectivity index (χ1n) is 11.5. The molecule has 3 aromatic rings. The van der Waals surface area contributed by atoms with E-state index in [0.29, 0.717) is 35.1 Å².